The first-order valence-electron chi connectivity index (χ1n) is 8.63. The molecular weight excluding hydrogens is 321 g/mol. The Labute approximate surface area is 168 Å². The van der Waals surface area contributed by atoms with E-state index in [1.165, 1.54) is 44.9 Å². The van der Waals surface area contributed by atoms with Gasteiger partial charge < -0.3 is 10.4 Å². The van der Waals surface area contributed by atoms with Gasteiger partial charge in [-0.25, -0.2) is 4.79 Å². The van der Waals surface area contributed by atoms with Crippen molar-refractivity contribution in [2.24, 2.45) is 0 Å². The number of rotatable bonds is 15. The van der Waals surface area contributed by atoms with Gasteiger partial charge in [-0.05, 0) is 24.9 Å². The molecule has 0 aromatic heterocycles. The number of amides is 1. The van der Waals surface area contributed by atoms with Gasteiger partial charge in [-0.1, -0.05) is 58.3 Å². The summed E-state index contributed by atoms with van der Waals surface area (Å²) in [4.78, 5) is 22.8. The van der Waals surface area contributed by atoms with Crippen LogP contribution >= 0.6 is 11.8 Å². The molecule has 1 atom stereocenters. The maximum absolute atomic E-state index is 11.7. The van der Waals surface area contributed by atoms with Gasteiger partial charge in [0.1, 0.15) is 6.04 Å². The minimum absolute atomic E-state index is 0. The molecule has 0 rings (SSSR count). The molecule has 4 nitrogen and oxygen atoms in total. The molecular formula is C17H34NNaO3S. The number of carboxylic acids is 1. The molecule has 0 aliphatic carbocycles. The van der Waals surface area contributed by atoms with Crippen molar-refractivity contribution < 1.29 is 14.7 Å². The fourth-order valence-corrected chi connectivity index (χ4v) is 2.83. The van der Waals surface area contributed by atoms with E-state index in [0.29, 0.717) is 12.8 Å². The summed E-state index contributed by atoms with van der Waals surface area (Å²) in [5.41, 5.74) is 0. The third kappa shape index (κ3) is 16.9. The van der Waals surface area contributed by atoms with E-state index in [1.807, 2.05) is 6.26 Å². The van der Waals surface area contributed by atoms with Crippen molar-refractivity contribution in [3.63, 3.8) is 0 Å². The van der Waals surface area contributed by atoms with E-state index in [9.17, 15) is 9.59 Å². The van der Waals surface area contributed by atoms with Crippen LogP contribution in [0.5, 0.6) is 0 Å². The van der Waals surface area contributed by atoms with Crippen LogP contribution in [0.3, 0.4) is 0 Å². The fraction of sp³-hybridized carbons (Fsp3) is 0.882. The molecule has 0 aromatic carbocycles. The summed E-state index contributed by atoms with van der Waals surface area (Å²) < 4.78 is 0. The second kappa shape index (κ2) is 18.6. The van der Waals surface area contributed by atoms with E-state index in [0.717, 1.165) is 18.6 Å². The Hall–Kier alpha value is 0.290. The predicted molar refractivity (Wildman–Crippen MR) is 102 cm³/mol. The first kappa shape index (κ1) is 25.5. The summed E-state index contributed by atoms with van der Waals surface area (Å²) in [5.74, 6) is -0.319. The van der Waals surface area contributed by atoms with Crippen LogP contribution in [0.4, 0.5) is 0 Å². The van der Waals surface area contributed by atoms with Crippen LogP contribution < -0.4 is 5.32 Å². The molecule has 1 amide bonds. The topological polar surface area (TPSA) is 66.4 Å². The Morgan fingerprint density at radius 1 is 1.00 bits per heavy atom. The number of carbonyl (C=O) groups is 2. The van der Waals surface area contributed by atoms with Crippen LogP contribution in [0.1, 0.15) is 77.6 Å². The van der Waals surface area contributed by atoms with E-state index in [1.54, 1.807) is 11.8 Å². The van der Waals surface area contributed by atoms with E-state index >= 15 is 0 Å². The monoisotopic (exact) mass is 355 g/mol. The van der Waals surface area contributed by atoms with Crippen LogP contribution in [-0.2, 0) is 9.59 Å². The molecule has 0 aromatic rings. The Balaban J connectivity index is 0. The van der Waals surface area contributed by atoms with Gasteiger partial charge >= 0.3 is 35.5 Å². The van der Waals surface area contributed by atoms with Crippen LogP contribution in [0, 0.1) is 0 Å². The molecule has 2 N–H and O–H groups in total. The van der Waals surface area contributed by atoms with Crippen molar-refractivity contribution in [3.05, 3.63) is 0 Å². The molecule has 23 heavy (non-hydrogen) atoms. The Bertz CT molecular complexity index is 304. The molecule has 0 radical (unpaired) electrons. The second-order valence-corrected chi connectivity index (χ2v) is 6.80. The average Bonchev–Trinajstić information content (AvgIpc) is 2.49. The van der Waals surface area contributed by atoms with Gasteiger partial charge in [0.15, 0.2) is 0 Å². The maximum atomic E-state index is 11.7. The summed E-state index contributed by atoms with van der Waals surface area (Å²) in [6.45, 7) is 2.22. The van der Waals surface area contributed by atoms with Gasteiger partial charge in [0.2, 0.25) is 5.91 Å². The summed E-state index contributed by atoms with van der Waals surface area (Å²) in [6.07, 6.45) is 13.8. The predicted octanol–water partition coefficient (Wildman–Crippen LogP) is 3.58. The van der Waals surface area contributed by atoms with Crippen molar-refractivity contribution in [2.45, 2.75) is 83.6 Å². The molecule has 0 bridgehead atoms. The number of carbonyl (C=O) groups excluding carboxylic acids is 1. The fourth-order valence-electron chi connectivity index (χ4n) is 2.36. The number of thioether (sulfide) groups is 1. The normalized spacial score (nSPS) is 11.6. The average molecular weight is 356 g/mol. The first-order chi connectivity index (χ1) is 10.6. The summed E-state index contributed by atoms with van der Waals surface area (Å²) in [7, 11) is 0. The second-order valence-electron chi connectivity index (χ2n) is 5.82. The van der Waals surface area contributed by atoms with E-state index in [2.05, 4.69) is 12.2 Å². The minimum atomic E-state index is -0.936. The molecule has 0 aliphatic heterocycles. The first-order valence-corrected chi connectivity index (χ1v) is 10.0. The Kier molecular flexibility index (Phi) is 20.7. The number of unbranched alkanes of at least 4 members (excludes halogenated alkanes) is 8. The van der Waals surface area contributed by atoms with E-state index in [-0.39, 0.29) is 35.5 Å². The van der Waals surface area contributed by atoms with E-state index < -0.39 is 12.0 Å². The van der Waals surface area contributed by atoms with Crippen LogP contribution in [0.2, 0.25) is 0 Å². The van der Waals surface area contributed by atoms with Gasteiger partial charge in [-0.3, -0.25) is 4.79 Å². The van der Waals surface area contributed by atoms with Gasteiger partial charge in [0.25, 0.3) is 0 Å². The number of carboxylic acid groups (broad SMARTS) is 1. The third-order valence-corrected chi connectivity index (χ3v) is 4.40. The summed E-state index contributed by atoms with van der Waals surface area (Å²) in [5, 5.41) is 11.7. The summed E-state index contributed by atoms with van der Waals surface area (Å²) in [6, 6.07) is -0.737. The molecule has 6 heteroatoms. The van der Waals surface area contributed by atoms with Crippen molar-refractivity contribution in [2.75, 3.05) is 12.0 Å². The zero-order valence-corrected chi connectivity index (χ0v) is 15.1. The molecule has 132 valence electrons. The van der Waals surface area contributed by atoms with Crippen LogP contribution in [0.15, 0.2) is 0 Å². The molecule has 0 saturated carbocycles. The zero-order valence-electron chi connectivity index (χ0n) is 14.2. The van der Waals surface area contributed by atoms with Gasteiger partial charge in [0.05, 0.1) is 0 Å². The Morgan fingerprint density at radius 3 is 2.00 bits per heavy atom. The van der Waals surface area contributed by atoms with Crippen molar-refractivity contribution in [1.82, 2.24) is 5.32 Å². The molecule has 0 saturated heterocycles. The molecule has 0 fully saturated rings. The van der Waals surface area contributed by atoms with Crippen molar-refractivity contribution in [3.8, 4) is 0 Å². The molecule has 0 heterocycles. The Morgan fingerprint density at radius 2 is 1.52 bits per heavy atom. The van der Waals surface area contributed by atoms with Gasteiger partial charge in [0, 0.05) is 6.42 Å². The van der Waals surface area contributed by atoms with Crippen LogP contribution in [-0.4, -0.2) is 64.6 Å². The molecule has 1 unspecified atom stereocenters. The quantitative estimate of drug-likeness (QED) is 0.348. The van der Waals surface area contributed by atoms with Crippen LogP contribution in [0.25, 0.3) is 0 Å². The molecule has 0 spiro atoms. The molecule has 0 aliphatic rings. The number of nitrogens with one attached hydrogen (secondary N) is 1. The van der Waals surface area contributed by atoms with Crippen molar-refractivity contribution >= 4 is 53.2 Å². The summed E-state index contributed by atoms with van der Waals surface area (Å²) >= 11 is 1.59. The third-order valence-electron chi connectivity index (χ3n) is 3.75. The van der Waals surface area contributed by atoms with Gasteiger partial charge in [-0.2, -0.15) is 11.8 Å². The van der Waals surface area contributed by atoms with Crippen molar-refractivity contribution in [1.29, 1.82) is 0 Å². The number of aliphatic carboxylic acids is 1. The van der Waals surface area contributed by atoms with Gasteiger partial charge in [-0.15, -0.1) is 0 Å². The standard InChI is InChI=1S/C17H33NO3S.Na.H/c1-3-4-5-6-7-8-9-10-11-12-16(19)18-15(17(20)21)13-14-22-2;;/h15H,3-14H2,1-2H3,(H,18,19)(H,20,21);;. The zero-order chi connectivity index (χ0) is 16.6. The SMILES string of the molecule is CCCCCCCCCCCC(=O)NC(CCSC)C(=O)O.[NaH]. The number of hydrogen-bond acceptors (Lipinski definition) is 3. The van der Waals surface area contributed by atoms with E-state index in [4.69, 9.17) is 5.11 Å². The number of hydrogen-bond donors (Lipinski definition) is 2.